The lowest BCUT2D eigenvalue weighted by molar-refractivity contribution is -0.858. The fourth-order valence-electron chi connectivity index (χ4n) is 3.23. The van der Waals surface area contributed by atoms with Gasteiger partial charge in [-0.25, -0.2) is 8.42 Å². The summed E-state index contributed by atoms with van der Waals surface area (Å²) in [5.41, 5.74) is 1.18. The molecule has 2 N–H and O–H groups in total. The summed E-state index contributed by atoms with van der Waals surface area (Å²) >= 11 is 5.47. The van der Waals surface area contributed by atoms with Crippen LogP contribution in [0.25, 0.3) is 0 Å². The van der Waals surface area contributed by atoms with Crippen molar-refractivity contribution in [3.63, 3.8) is 0 Å². The van der Waals surface area contributed by atoms with Gasteiger partial charge in [-0.15, -0.1) is 0 Å². The maximum atomic E-state index is 12.9. The highest BCUT2D eigenvalue weighted by molar-refractivity contribution is 7.89. The Bertz CT molecular complexity index is 727. The molecule has 6 nitrogen and oxygen atoms in total. The first-order valence-corrected chi connectivity index (χ1v) is 12.0. The van der Waals surface area contributed by atoms with Gasteiger partial charge in [0.05, 0.1) is 25.5 Å². The van der Waals surface area contributed by atoms with E-state index < -0.39 is 10.0 Å². The summed E-state index contributed by atoms with van der Waals surface area (Å²) in [5.74, 6) is 0.438. The second-order valence-corrected chi connectivity index (χ2v) is 10.1. The zero-order valence-electron chi connectivity index (χ0n) is 17.6. The van der Waals surface area contributed by atoms with Crippen LogP contribution in [0, 0.1) is 0 Å². The summed E-state index contributed by atoms with van der Waals surface area (Å²) in [4.78, 5) is 3.86. The van der Waals surface area contributed by atoms with Crippen LogP contribution in [0.15, 0.2) is 29.2 Å². The van der Waals surface area contributed by atoms with Crippen LogP contribution in [0.3, 0.4) is 0 Å². The third-order valence-electron chi connectivity index (χ3n) is 5.35. The fourth-order valence-corrected chi connectivity index (χ4v) is 4.94. The Morgan fingerprint density at radius 3 is 2.32 bits per heavy atom. The van der Waals surface area contributed by atoms with Crippen molar-refractivity contribution < 1.29 is 13.3 Å². The van der Waals surface area contributed by atoms with E-state index in [2.05, 4.69) is 38.2 Å². The molecule has 28 heavy (non-hydrogen) atoms. The van der Waals surface area contributed by atoms with Gasteiger partial charge < -0.3 is 15.1 Å². The van der Waals surface area contributed by atoms with Gasteiger partial charge in [0.1, 0.15) is 0 Å². The van der Waals surface area contributed by atoms with Crippen molar-refractivity contribution in [3.8, 4) is 0 Å². The molecule has 1 heterocycles. The lowest BCUT2D eigenvalue weighted by Gasteiger charge is -2.35. The molecular formula is C20H35N4O2S2+. The van der Waals surface area contributed by atoms with Crippen molar-refractivity contribution in [3.05, 3.63) is 29.8 Å². The first kappa shape index (κ1) is 23.1. The molecule has 1 saturated heterocycles. The topological polar surface area (TPSA) is 57.1 Å². The van der Waals surface area contributed by atoms with Crippen LogP contribution in [-0.2, 0) is 10.0 Å². The Morgan fingerprint density at radius 1 is 1.18 bits per heavy atom. The highest BCUT2D eigenvalue weighted by atomic mass is 32.2. The number of hydrogen-bond donors (Lipinski definition) is 2. The zero-order chi connectivity index (χ0) is 20.7. The van der Waals surface area contributed by atoms with Crippen molar-refractivity contribution in [1.29, 1.82) is 0 Å². The minimum Gasteiger partial charge on any atom is -0.362 e. The van der Waals surface area contributed by atoms with Gasteiger partial charge in [0.25, 0.3) is 0 Å². The van der Waals surface area contributed by atoms with E-state index in [1.165, 1.54) is 10.5 Å². The van der Waals surface area contributed by atoms with Crippen molar-refractivity contribution in [2.24, 2.45) is 0 Å². The van der Waals surface area contributed by atoms with Crippen molar-refractivity contribution in [2.45, 2.75) is 37.5 Å². The van der Waals surface area contributed by atoms with E-state index in [1.54, 1.807) is 16.4 Å². The van der Waals surface area contributed by atoms with Gasteiger partial charge in [-0.05, 0) is 42.3 Å². The van der Waals surface area contributed by atoms with Crippen molar-refractivity contribution >= 4 is 27.4 Å². The first-order chi connectivity index (χ1) is 13.3. The molecule has 0 amide bonds. The minimum atomic E-state index is -3.45. The van der Waals surface area contributed by atoms with Crippen molar-refractivity contribution in [2.75, 3.05) is 53.4 Å². The van der Waals surface area contributed by atoms with Gasteiger partial charge in [-0.3, -0.25) is 0 Å². The quantitative estimate of drug-likeness (QED) is 0.477. The largest absolute Gasteiger partial charge is 0.362 e. The summed E-state index contributed by atoms with van der Waals surface area (Å²) in [6.07, 6.45) is 2.10. The number of nitrogens with zero attached hydrogens (tertiary/aromatic N) is 2. The molecule has 1 atom stereocenters. The van der Waals surface area contributed by atoms with E-state index in [9.17, 15) is 8.42 Å². The molecular weight excluding hydrogens is 392 g/mol. The first-order valence-electron chi connectivity index (χ1n) is 10.2. The van der Waals surface area contributed by atoms with E-state index in [0.29, 0.717) is 37.0 Å². The molecule has 1 aromatic rings. The molecule has 0 radical (unpaired) electrons. The summed E-state index contributed by atoms with van der Waals surface area (Å²) < 4.78 is 27.5. The Kier molecular flexibility index (Phi) is 8.67. The highest BCUT2D eigenvalue weighted by Crippen LogP contribution is 2.23. The molecule has 0 saturated carbocycles. The summed E-state index contributed by atoms with van der Waals surface area (Å²) in [5, 5.41) is 4.02. The molecule has 8 heteroatoms. The van der Waals surface area contributed by atoms with E-state index in [-0.39, 0.29) is 0 Å². The van der Waals surface area contributed by atoms with Gasteiger partial charge in [-0.1, -0.05) is 26.0 Å². The number of hydrogen-bond acceptors (Lipinski definition) is 3. The summed E-state index contributed by atoms with van der Waals surface area (Å²) in [7, 11) is 0.819. The van der Waals surface area contributed by atoms with E-state index in [4.69, 9.17) is 12.2 Å². The number of rotatable bonds is 8. The molecule has 0 aliphatic carbocycles. The molecule has 1 fully saturated rings. The monoisotopic (exact) mass is 427 g/mol. The van der Waals surface area contributed by atoms with Gasteiger partial charge in [0, 0.05) is 39.1 Å². The lowest BCUT2D eigenvalue weighted by atomic mass is 9.99. The normalized spacial score (nSPS) is 17.0. The number of benzene rings is 1. The second-order valence-electron chi connectivity index (χ2n) is 7.81. The predicted molar refractivity (Wildman–Crippen MR) is 118 cm³/mol. The van der Waals surface area contributed by atoms with Crippen LogP contribution in [0.2, 0.25) is 0 Å². The average molecular weight is 428 g/mol. The predicted octanol–water partition coefficient (Wildman–Crippen LogP) is 0.916. The SMILES string of the molecule is CC[C@H](C)c1ccc(S(=O)(=O)N2CCN(C(=S)NCCC[NH+](C)C)CC2)cc1. The van der Waals surface area contributed by atoms with Crippen LogP contribution in [0.4, 0.5) is 0 Å². The smallest absolute Gasteiger partial charge is 0.243 e. The molecule has 1 aromatic carbocycles. The van der Waals surface area contributed by atoms with Gasteiger partial charge in [-0.2, -0.15) is 4.31 Å². The van der Waals surface area contributed by atoms with Crippen molar-refractivity contribution in [1.82, 2.24) is 14.5 Å². The third kappa shape index (κ3) is 6.14. The maximum absolute atomic E-state index is 12.9. The van der Waals surface area contributed by atoms with E-state index in [1.807, 2.05) is 12.1 Å². The Morgan fingerprint density at radius 2 is 1.79 bits per heavy atom. The third-order valence-corrected chi connectivity index (χ3v) is 7.67. The number of piperazine rings is 1. The molecule has 1 aliphatic heterocycles. The molecule has 2 rings (SSSR count). The highest BCUT2D eigenvalue weighted by Gasteiger charge is 2.29. The van der Waals surface area contributed by atoms with Crippen LogP contribution >= 0.6 is 12.2 Å². The van der Waals surface area contributed by atoms with Crippen LogP contribution < -0.4 is 10.2 Å². The van der Waals surface area contributed by atoms with E-state index in [0.717, 1.165) is 31.0 Å². The second kappa shape index (κ2) is 10.5. The average Bonchev–Trinajstić information content (AvgIpc) is 2.70. The van der Waals surface area contributed by atoms with Crippen LogP contribution in [0.5, 0.6) is 0 Å². The van der Waals surface area contributed by atoms with Gasteiger partial charge in [0.15, 0.2) is 5.11 Å². The molecule has 0 spiro atoms. The Hall–Kier alpha value is -1.22. The van der Waals surface area contributed by atoms with Crippen LogP contribution in [-0.4, -0.2) is 76.1 Å². The minimum absolute atomic E-state index is 0.375. The summed E-state index contributed by atoms with van der Waals surface area (Å²) in [6, 6.07) is 7.35. The maximum Gasteiger partial charge on any atom is 0.243 e. The standard InChI is InChI=1S/C20H34N4O2S2/c1-5-17(2)18-7-9-19(10-8-18)28(25,26)24-15-13-23(14-16-24)20(27)21-11-6-12-22(3)4/h7-10,17H,5-6,11-16H2,1-4H3,(H,21,27)/p+1/t17-/m0/s1. The molecule has 1 aliphatic rings. The fraction of sp³-hybridized carbons (Fsp3) is 0.650. The molecule has 0 bridgehead atoms. The Balaban J connectivity index is 1.88. The molecule has 0 unspecified atom stereocenters. The Labute approximate surface area is 175 Å². The number of sulfonamides is 1. The number of thiocarbonyl (C=S) groups is 1. The van der Waals surface area contributed by atoms with E-state index >= 15 is 0 Å². The molecule has 158 valence electrons. The zero-order valence-corrected chi connectivity index (χ0v) is 19.2. The number of nitrogens with one attached hydrogen (secondary N) is 2. The van der Waals surface area contributed by atoms with Crippen LogP contribution in [0.1, 0.15) is 38.2 Å². The molecule has 0 aromatic heterocycles. The summed E-state index contributed by atoms with van der Waals surface area (Å²) in [6.45, 7) is 8.39. The number of quaternary nitrogens is 1. The lowest BCUT2D eigenvalue weighted by Crippen LogP contribution is -3.05. The van der Waals surface area contributed by atoms with Gasteiger partial charge in [0.2, 0.25) is 10.0 Å². The van der Waals surface area contributed by atoms with Gasteiger partial charge >= 0.3 is 0 Å².